The Morgan fingerprint density at radius 1 is 1.07 bits per heavy atom. The number of nitrogens with zero attached hydrogens (tertiary/aromatic N) is 2. The van der Waals surface area contributed by atoms with Gasteiger partial charge in [-0.2, -0.15) is 0 Å². The molecule has 0 amide bonds. The van der Waals surface area contributed by atoms with Crippen molar-refractivity contribution in [2.75, 3.05) is 7.11 Å². The number of hydrogen-bond donors (Lipinski definition) is 1. The summed E-state index contributed by atoms with van der Waals surface area (Å²) in [6.45, 7) is 0. The highest BCUT2D eigenvalue weighted by Gasteiger charge is 2.09. The predicted octanol–water partition coefficient (Wildman–Crippen LogP) is 4.56. The fraction of sp³-hybridized carbons (Fsp3) is 0.0435. The first-order chi connectivity index (χ1) is 13.3. The summed E-state index contributed by atoms with van der Waals surface area (Å²) in [7, 11) is 1.67. The smallest absolute Gasteiger partial charge is 0.119 e. The summed E-state index contributed by atoms with van der Waals surface area (Å²) in [5.74, 6) is 7.35. The van der Waals surface area contributed by atoms with Crippen molar-refractivity contribution in [3.05, 3.63) is 90.1 Å². The third-order valence-corrected chi connectivity index (χ3v) is 4.20. The molecule has 4 rings (SSSR count). The summed E-state index contributed by atoms with van der Waals surface area (Å²) in [4.78, 5) is 11.6. The van der Waals surface area contributed by atoms with Crippen LogP contribution in [0.25, 0.3) is 22.6 Å². The molecule has 4 nitrogen and oxygen atoms in total. The van der Waals surface area contributed by atoms with Crippen molar-refractivity contribution in [2.24, 2.45) is 0 Å². The monoisotopic (exact) mass is 351 g/mol. The highest BCUT2D eigenvalue weighted by molar-refractivity contribution is 6.02. The van der Waals surface area contributed by atoms with Gasteiger partial charge in [-0.05, 0) is 48.0 Å². The molecule has 0 aliphatic rings. The number of benzene rings is 1. The Morgan fingerprint density at radius 2 is 1.96 bits per heavy atom. The van der Waals surface area contributed by atoms with Crippen LogP contribution in [0.3, 0.4) is 0 Å². The maximum Gasteiger partial charge on any atom is 0.119 e. The zero-order chi connectivity index (χ0) is 18.5. The molecule has 0 aliphatic carbocycles. The van der Waals surface area contributed by atoms with Gasteiger partial charge in [-0.1, -0.05) is 17.9 Å². The number of hydrogen-bond acceptors (Lipinski definition) is 3. The van der Waals surface area contributed by atoms with Gasteiger partial charge in [0.15, 0.2) is 0 Å². The number of nitrogens with one attached hydrogen (secondary N) is 1. The van der Waals surface area contributed by atoms with E-state index in [9.17, 15) is 0 Å². The Labute approximate surface area is 157 Å². The average Bonchev–Trinajstić information content (AvgIpc) is 3.15. The first kappa shape index (κ1) is 16.6. The minimum Gasteiger partial charge on any atom is -0.497 e. The quantitative estimate of drug-likeness (QED) is 0.551. The molecule has 4 heteroatoms. The van der Waals surface area contributed by atoms with Crippen LogP contribution in [0, 0.1) is 11.8 Å². The molecule has 0 spiro atoms. The third-order valence-electron chi connectivity index (χ3n) is 4.20. The number of H-pyrrole nitrogens is 1. The molecule has 0 fully saturated rings. The minimum atomic E-state index is 0.811. The lowest BCUT2D eigenvalue weighted by atomic mass is 10.0. The van der Waals surface area contributed by atoms with Crippen molar-refractivity contribution >= 4 is 22.6 Å². The van der Waals surface area contributed by atoms with E-state index in [1.165, 1.54) is 0 Å². The molecule has 3 heterocycles. The summed E-state index contributed by atoms with van der Waals surface area (Å²) in [6, 6.07) is 13.7. The van der Waals surface area contributed by atoms with Gasteiger partial charge >= 0.3 is 0 Å². The van der Waals surface area contributed by atoms with E-state index < -0.39 is 0 Å². The van der Waals surface area contributed by atoms with Gasteiger partial charge in [-0.3, -0.25) is 9.97 Å². The normalized spacial score (nSPS) is 11.1. The summed E-state index contributed by atoms with van der Waals surface area (Å²) in [6.07, 6.45) is 11.1. The van der Waals surface area contributed by atoms with Gasteiger partial charge in [0.1, 0.15) is 5.75 Å². The van der Waals surface area contributed by atoms with E-state index in [2.05, 4.69) is 26.8 Å². The molecule has 0 radical (unpaired) electrons. The fourth-order valence-electron chi connectivity index (χ4n) is 2.83. The standard InChI is InChI=1S/C23H17N3O/c1-27-20-6-7-23-21(14-20)22(16-26-23)19(13-18-3-2-10-25-15-18)5-4-17-8-11-24-12-9-17/h2-3,6-16,26H,1H3/b19-13+. The van der Waals surface area contributed by atoms with E-state index in [1.54, 1.807) is 25.7 Å². The van der Waals surface area contributed by atoms with E-state index in [1.807, 2.05) is 60.9 Å². The molecule has 0 unspecified atom stereocenters. The van der Waals surface area contributed by atoms with E-state index in [0.717, 1.165) is 38.9 Å². The van der Waals surface area contributed by atoms with E-state index in [0.29, 0.717) is 0 Å². The summed E-state index contributed by atoms with van der Waals surface area (Å²) >= 11 is 0. The molecule has 27 heavy (non-hydrogen) atoms. The van der Waals surface area contributed by atoms with Gasteiger partial charge in [0.05, 0.1) is 7.11 Å². The van der Waals surface area contributed by atoms with Gasteiger partial charge < -0.3 is 9.72 Å². The lowest BCUT2D eigenvalue weighted by molar-refractivity contribution is 0.415. The van der Waals surface area contributed by atoms with E-state index in [-0.39, 0.29) is 0 Å². The lowest BCUT2D eigenvalue weighted by Crippen LogP contribution is -1.85. The molecule has 0 aliphatic heterocycles. The Hall–Kier alpha value is -3.84. The second-order valence-electron chi connectivity index (χ2n) is 5.94. The average molecular weight is 351 g/mol. The van der Waals surface area contributed by atoms with Gasteiger partial charge in [0.2, 0.25) is 0 Å². The van der Waals surface area contributed by atoms with Crippen LogP contribution < -0.4 is 4.74 Å². The van der Waals surface area contributed by atoms with Crippen molar-refractivity contribution in [1.29, 1.82) is 0 Å². The first-order valence-electron chi connectivity index (χ1n) is 8.53. The second kappa shape index (κ2) is 7.59. The Bertz CT molecular complexity index is 1150. The van der Waals surface area contributed by atoms with Crippen LogP contribution >= 0.6 is 0 Å². The maximum absolute atomic E-state index is 5.39. The third kappa shape index (κ3) is 3.73. The Kier molecular flexibility index (Phi) is 4.67. The number of pyridine rings is 2. The van der Waals surface area contributed by atoms with Crippen LogP contribution in [0.5, 0.6) is 5.75 Å². The largest absolute Gasteiger partial charge is 0.497 e. The first-order valence-corrected chi connectivity index (χ1v) is 8.53. The predicted molar refractivity (Wildman–Crippen MR) is 108 cm³/mol. The Morgan fingerprint density at radius 3 is 2.74 bits per heavy atom. The molecule has 1 N–H and O–H groups in total. The lowest BCUT2D eigenvalue weighted by Gasteiger charge is -2.03. The number of fused-ring (bicyclic) bond motifs is 1. The molecule has 0 saturated heterocycles. The zero-order valence-electron chi connectivity index (χ0n) is 14.8. The number of ether oxygens (including phenoxy) is 1. The summed E-state index contributed by atoms with van der Waals surface area (Å²) in [5, 5.41) is 1.06. The van der Waals surface area contributed by atoms with Crippen LogP contribution in [-0.2, 0) is 0 Å². The molecule has 4 aromatic rings. The molecule has 3 aromatic heterocycles. The molecule has 0 saturated carbocycles. The van der Waals surface area contributed by atoms with Crippen molar-refractivity contribution in [3.8, 4) is 17.6 Å². The highest BCUT2D eigenvalue weighted by Crippen LogP contribution is 2.29. The molecular formula is C23H17N3O. The molecule has 1 aromatic carbocycles. The number of aromatic amines is 1. The second-order valence-corrected chi connectivity index (χ2v) is 5.94. The van der Waals surface area contributed by atoms with Crippen LogP contribution in [0.4, 0.5) is 0 Å². The van der Waals surface area contributed by atoms with Crippen LogP contribution in [-0.4, -0.2) is 22.1 Å². The van der Waals surface area contributed by atoms with Gasteiger partial charge in [-0.15, -0.1) is 0 Å². The maximum atomic E-state index is 5.39. The topological polar surface area (TPSA) is 50.8 Å². The Balaban J connectivity index is 1.86. The number of methoxy groups -OCH3 is 1. The fourth-order valence-corrected chi connectivity index (χ4v) is 2.83. The van der Waals surface area contributed by atoms with E-state index >= 15 is 0 Å². The van der Waals surface area contributed by atoms with Crippen LogP contribution in [0.1, 0.15) is 16.7 Å². The van der Waals surface area contributed by atoms with Gasteiger partial charge in [0, 0.05) is 58.6 Å². The SMILES string of the molecule is COc1ccc2[nH]cc(/C(C#Cc3ccncc3)=C/c3cccnc3)c2c1. The number of aromatic nitrogens is 3. The highest BCUT2D eigenvalue weighted by atomic mass is 16.5. The van der Waals surface area contributed by atoms with Crippen molar-refractivity contribution in [2.45, 2.75) is 0 Å². The van der Waals surface area contributed by atoms with Crippen LogP contribution in [0.2, 0.25) is 0 Å². The summed E-state index contributed by atoms with van der Waals surface area (Å²) in [5.41, 5.74) is 4.87. The van der Waals surface area contributed by atoms with Gasteiger partial charge in [-0.25, -0.2) is 0 Å². The van der Waals surface area contributed by atoms with E-state index in [4.69, 9.17) is 4.74 Å². The van der Waals surface area contributed by atoms with Crippen molar-refractivity contribution < 1.29 is 4.74 Å². The summed E-state index contributed by atoms with van der Waals surface area (Å²) < 4.78 is 5.39. The van der Waals surface area contributed by atoms with Crippen LogP contribution in [0.15, 0.2) is 73.4 Å². The molecular weight excluding hydrogens is 334 g/mol. The van der Waals surface area contributed by atoms with Gasteiger partial charge in [0.25, 0.3) is 0 Å². The molecule has 0 atom stereocenters. The zero-order valence-corrected chi connectivity index (χ0v) is 14.8. The number of rotatable bonds is 3. The number of allylic oxidation sites excluding steroid dienone is 1. The molecule has 130 valence electrons. The molecule has 0 bridgehead atoms. The minimum absolute atomic E-state index is 0.811. The van der Waals surface area contributed by atoms with Crippen molar-refractivity contribution in [3.63, 3.8) is 0 Å². The van der Waals surface area contributed by atoms with Crippen molar-refractivity contribution in [1.82, 2.24) is 15.0 Å².